The van der Waals surface area contributed by atoms with Gasteiger partial charge in [0.25, 0.3) is 0 Å². The predicted molar refractivity (Wildman–Crippen MR) is 52.6 cm³/mol. The van der Waals surface area contributed by atoms with Gasteiger partial charge in [-0.25, -0.2) is 0 Å². The van der Waals surface area contributed by atoms with E-state index >= 15 is 0 Å². The summed E-state index contributed by atoms with van der Waals surface area (Å²) < 4.78 is 94.8. The van der Waals surface area contributed by atoms with E-state index in [2.05, 4.69) is 0 Å². The summed E-state index contributed by atoms with van der Waals surface area (Å²) in [7, 11) is -14.0. The zero-order valence-electron chi connectivity index (χ0n) is 8.40. The second kappa shape index (κ2) is 16.6. The molecule has 0 aromatic rings. The van der Waals surface area contributed by atoms with Gasteiger partial charge in [0.2, 0.25) is 0 Å². The van der Waals surface area contributed by atoms with Crippen LogP contribution in [-0.4, -0.2) is 52.6 Å². The van der Waals surface area contributed by atoms with Gasteiger partial charge in [0.05, 0.1) is 0 Å². The molecule has 0 aliphatic heterocycles. The maximum atomic E-state index is 8.74. The fraction of sp³-hybridized carbons (Fsp3) is 0. The van der Waals surface area contributed by atoms with Crippen LogP contribution in [0.2, 0.25) is 0 Å². The topological polar surface area (TPSA) is 294 Å². The van der Waals surface area contributed by atoms with E-state index in [1.54, 1.807) is 0 Å². The van der Waals surface area contributed by atoms with Crippen LogP contribution in [0.15, 0.2) is 0 Å². The van der Waals surface area contributed by atoms with E-state index in [0.29, 0.717) is 0 Å². The smallest absolute Gasteiger partial charge is 0.344 e. The first-order valence-electron chi connectivity index (χ1n) is 2.10. The molecule has 0 heterocycles. The van der Waals surface area contributed by atoms with Crippen molar-refractivity contribution in [3.63, 3.8) is 0 Å². The SMILES string of the molecule is N.N.O=S(=O)(O)O.O=S(=O)(O)O.O=S(=O)(O)O.[Ni].[Ni]. The summed E-state index contributed by atoms with van der Waals surface area (Å²) in [5, 5.41) is 0. The molecular formula is H12N2Ni2O12S3. The maximum Gasteiger partial charge on any atom is 0.394 e. The first-order chi connectivity index (χ1) is 6.00. The second-order valence-corrected chi connectivity index (χ2v) is 4.03. The van der Waals surface area contributed by atoms with Gasteiger partial charge >= 0.3 is 31.2 Å². The third-order valence-corrected chi connectivity index (χ3v) is 0. The minimum absolute atomic E-state index is 0. The first-order valence-corrected chi connectivity index (χ1v) is 6.29. The molecule has 0 atom stereocenters. The summed E-state index contributed by atoms with van der Waals surface area (Å²) in [5.41, 5.74) is 0. The van der Waals surface area contributed by atoms with E-state index in [-0.39, 0.29) is 45.3 Å². The van der Waals surface area contributed by atoms with E-state index < -0.39 is 31.2 Å². The van der Waals surface area contributed by atoms with E-state index in [0.717, 1.165) is 0 Å². The number of hydrogen-bond donors (Lipinski definition) is 8. The Hall–Kier alpha value is 0.517. The first kappa shape index (κ1) is 42.7. The molecule has 0 radical (unpaired) electrons. The van der Waals surface area contributed by atoms with Crippen molar-refractivity contribution in [2.75, 3.05) is 0 Å². The van der Waals surface area contributed by atoms with Crippen molar-refractivity contribution in [2.45, 2.75) is 0 Å². The van der Waals surface area contributed by atoms with Crippen LogP contribution in [0.5, 0.6) is 0 Å². The molecule has 132 valence electrons. The third kappa shape index (κ3) is 18900. The Morgan fingerprint density at radius 1 is 0.421 bits per heavy atom. The van der Waals surface area contributed by atoms with Crippen LogP contribution < -0.4 is 12.3 Å². The maximum absolute atomic E-state index is 8.74. The van der Waals surface area contributed by atoms with E-state index in [1.807, 2.05) is 0 Å². The Morgan fingerprint density at radius 2 is 0.421 bits per heavy atom. The number of rotatable bonds is 0. The van der Waals surface area contributed by atoms with Crippen LogP contribution in [-0.2, 0) is 64.2 Å². The molecule has 0 aromatic carbocycles. The number of hydrogen-bond acceptors (Lipinski definition) is 8. The van der Waals surface area contributed by atoms with E-state index in [4.69, 9.17) is 52.6 Å². The summed E-state index contributed by atoms with van der Waals surface area (Å²) in [6.45, 7) is 0. The van der Waals surface area contributed by atoms with Crippen molar-refractivity contribution in [2.24, 2.45) is 0 Å². The summed E-state index contributed by atoms with van der Waals surface area (Å²) in [6, 6.07) is 0. The zero-order chi connectivity index (χ0) is 13.5. The molecule has 0 aliphatic carbocycles. The quantitative estimate of drug-likeness (QED) is 0.153. The van der Waals surface area contributed by atoms with Crippen LogP contribution in [0.4, 0.5) is 0 Å². The fourth-order valence-corrected chi connectivity index (χ4v) is 0. The van der Waals surface area contributed by atoms with Gasteiger partial charge in [-0.2, -0.15) is 25.3 Å². The van der Waals surface area contributed by atoms with Gasteiger partial charge in [-0.05, 0) is 0 Å². The standard InChI is InChI=1S/2H3N.2Ni.3H2O4S/c;;;;3*1-5(2,3)4/h2*1H3;;;3*(H2,1,2,3,4). The molecule has 0 aromatic heterocycles. The minimum atomic E-state index is -4.67. The van der Waals surface area contributed by atoms with Gasteiger partial charge in [0.15, 0.2) is 0 Å². The van der Waals surface area contributed by atoms with E-state index in [1.165, 1.54) is 0 Å². The Kier molecular flexibility index (Phi) is 37.3. The Labute approximate surface area is 129 Å². The zero-order valence-corrected chi connectivity index (χ0v) is 12.8. The molecule has 0 saturated heterocycles. The molecule has 19 heavy (non-hydrogen) atoms. The minimum Gasteiger partial charge on any atom is -0.344 e. The fourth-order valence-electron chi connectivity index (χ4n) is 0. The summed E-state index contributed by atoms with van der Waals surface area (Å²) in [4.78, 5) is 0. The summed E-state index contributed by atoms with van der Waals surface area (Å²) in [5.74, 6) is 0. The van der Waals surface area contributed by atoms with Crippen molar-refractivity contribution in [3.8, 4) is 0 Å². The average molecular weight is 446 g/mol. The van der Waals surface area contributed by atoms with Gasteiger partial charge in [-0.3, -0.25) is 27.3 Å². The van der Waals surface area contributed by atoms with Gasteiger partial charge in [0.1, 0.15) is 0 Å². The van der Waals surface area contributed by atoms with Crippen LogP contribution in [0.1, 0.15) is 0 Å². The average Bonchev–Trinajstić information content (AvgIpc) is 1.41. The van der Waals surface area contributed by atoms with Crippen molar-refractivity contribution >= 4 is 31.2 Å². The van der Waals surface area contributed by atoms with Crippen LogP contribution in [0.25, 0.3) is 0 Å². The van der Waals surface area contributed by atoms with Crippen LogP contribution in [0, 0.1) is 0 Å². The molecule has 19 heteroatoms. The second-order valence-electron chi connectivity index (χ2n) is 1.34. The van der Waals surface area contributed by atoms with Gasteiger partial charge in [-0.1, -0.05) is 0 Å². The molecule has 12 N–H and O–H groups in total. The summed E-state index contributed by atoms with van der Waals surface area (Å²) >= 11 is 0. The monoisotopic (exact) mass is 444 g/mol. The van der Waals surface area contributed by atoms with Crippen molar-refractivity contribution in [1.82, 2.24) is 12.3 Å². The van der Waals surface area contributed by atoms with Crippen molar-refractivity contribution in [1.29, 1.82) is 0 Å². The summed E-state index contributed by atoms with van der Waals surface area (Å²) in [6.07, 6.45) is 0. The molecule has 0 unspecified atom stereocenters. The largest absolute Gasteiger partial charge is 0.394 e. The predicted octanol–water partition coefficient (Wildman–Crippen LogP) is -1.64. The van der Waals surface area contributed by atoms with Crippen molar-refractivity contribution < 1.29 is 85.6 Å². The molecule has 0 rings (SSSR count). The molecule has 0 amide bonds. The van der Waals surface area contributed by atoms with Crippen molar-refractivity contribution in [3.05, 3.63) is 0 Å². The van der Waals surface area contributed by atoms with Gasteiger partial charge in [0, 0.05) is 33.0 Å². The third-order valence-electron chi connectivity index (χ3n) is 0. The van der Waals surface area contributed by atoms with Gasteiger partial charge < -0.3 is 12.3 Å². The van der Waals surface area contributed by atoms with E-state index in [9.17, 15) is 0 Å². The molecule has 0 aliphatic rings. The molecule has 14 nitrogen and oxygen atoms in total. The van der Waals surface area contributed by atoms with Gasteiger partial charge in [-0.15, -0.1) is 0 Å². The van der Waals surface area contributed by atoms with Crippen LogP contribution in [0.3, 0.4) is 0 Å². The van der Waals surface area contributed by atoms with Crippen LogP contribution >= 0.6 is 0 Å². The molecule has 0 saturated carbocycles. The Morgan fingerprint density at radius 3 is 0.421 bits per heavy atom. The Balaban J connectivity index is -0.0000000206. The Bertz CT molecular complexity index is 350. The molecule has 0 spiro atoms. The molecular weight excluding hydrogens is 434 g/mol. The molecule has 0 fully saturated rings. The molecule has 0 bridgehead atoms. The normalized spacial score (nSPS) is 9.16.